The molecule has 0 spiro atoms. The maximum atomic E-state index is 12.0. The number of nitriles is 1. The number of aliphatic hydroxyl groups is 2. The van der Waals surface area contributed by atoms with E-state index in [4.69, 9.17) is 20.1 Å². The van der Waals surface area contributed by atoms with Gasteiger partial charge in [0.25, 0.3) is 0 Å². The van der Waals surface area contributed by atoms with Crippen molar-refractivity contribution in [2.24, 2.45) is 0 Å². The summed E-state index contributed by atoms with van der Waals surface area (Å²) in [6.07, 6.45) is -3.71. The molecule has 162 valence electrons. The number of hydrogen-bond acceptors (Lipinski definition) is 10. The number of fused-ring (bicyclic) bond motifs is 1. The number of carboxylic acid groups (broad SMARTS) is 1. The van der Waals surface area contributed by atoms with E-state index in [9.17, 15) is 29.7 Å². The van der Waals surface area contributed by atoms with Crippen LogP contribution in [0.5, 0.6) is 0 Å². The van der Waals surface area contributed by atoms with E-state index in [0.29, 0.717) is 5.52 Å². The van der Waals surface area contributed by atoms with Crippen LogP contribution in [0.2, 0.25) is 0 Å². The number of aliphatic hydroxyl groups excluding tert-OH is 2. The van der Waals surface area contributed by atoms with Crippen molar-refractivity contribution in [3.8, 4) is 6.07 Å². The third-order valence-electron chi connectivity index (χ3n) is 4.63. The summed E-state index contributed by atoms with van der Waals surface area (Å²) in [7, 11) is -4.59. The first-order valence-electron chi connectivity index (χ1n) is 8.54. The summed E-state index contributed by atoms with van der Waals surface area (Å²) < 4.78 is 23.6. The number of aromatic nitrogens is 3. The molecule has 6 atom stereocenters. The molecule has 30 heavy (non-hydrogen) atoms. The van der Waals surface area contributed by atoms with E-state index in [1.54, 1.807) is 0 Å². The molecule has 1 fully saturated rings. The first kappa shape index (κ1) is 22.1. The monoisotopic (exact) mass is 442 g/mol. The van der Waals surface area contributed by atoms with Gasteiger partial charge in [-0.05, 0) is 19.1 Å². The van der Waals surface area contributed by atoms with Gasteiger partial charge in [0.15, 0.2) is 5.82 Å². The molecule has 2 aromatic rings. The van der Waals surface area contributed by atoms with Crippen molar-refractivity contribution >= 4 is 25.1 Å². The molecule has 3 rings (SSSR count). The smallest absolute Gasteiger partial charge is 0.403 e. The Bertz CT molecular complexity index is 1060. The van der Waals surface area contributed by atoms with Gasteiger partial charge in [-0.25, -0.2) is 19.2 Å². The number of rotatable bonds is 7. The molecule has 3 heterocycles. The van der Waals surface area contributed by atoms with Gasteiger partial charge in [0.2, 0.25) is 5.60 Å². The number of ether oxygens (including phenoxy) is 1. The Balaban J connectivity index is 1.84. The molecule has 0 amide bonds. The second-order valence-corrected chi connectivity index (χ2v) is 8.16. The predicted molar refractivity (Wildman–Crippen MR) is 97.6 cm³/mol. The third-order valence-corrected chi connectivity index (χ3v) is 5.84. The Labute approximate surface area is 169 Å². The van der Waals surface area contributed by atoms with Gasteiger partial charge in [-0.1, -0.05) is 0 Å². The number of aliphatic carboxylic acids is 1. The molecule has 2 unspecified atom stereocenters. The maximum Gasteiger partial charge on any atom is 0.403 e. The number of carboxylic acids is 1. The van der Waals surface area contributed by atoms with Crippen LogP contribution in [-0.4, -0.2) is 71.7 Å². The normalized spacial score (nSPS) is 29.4. The lowest BCUT2D eigenvalue weighted by Crippen LogP contribution is -2.41. The van der Waals surface area contributed by atoms with Crippen LogP contribution in [0.3, 0.4) is 0 Å². The number of carbonyl (C=O) groups is 1. The zero-order chi connectivity index (χ0) is 22.3. The maximum absolute atomic E-state index is 12.0. The number of hydrogen-bond donors (Lipinski definition) is 6. The summed E-state index contributed by atoms with van der Waals surface area (Å²) >= 11 is 0. The Morgan fingerprint density at radius 2 is 2.27 bits per heavy atom. The van der Waals surface area contributed by atoms with Gasteiger partial charge in [0, 0.05) is 0 Å². The molecular weight excluding hydrogens is 423 g/mol. The molecule has 0 saturated carbocycles. The molecule has 15 heteroatoms. The zero-order valence-corrected chi connectivity index (χ0v) is 16.4. The van der Waals surface area contributed by atoms with Gasteiger partial charge in [-0.2, -0.15) is 10.4 Å². The number of nitrogens with one attached hydrogen (secondary N) is 1. The van der Waals surface area contributed by atoms with E-state index in [1.165, 1.54) is 16.6 Å². The predicted octanol–water partition coefficient (Wildman–Crippen LogP) is -1.67. The van der Waals surface area contributed by atoms with Crippen LogP contribution in [0, 0.1) is 11.3 Å². The minimum absolute atomic E-state index is 0.0490. The highest BCUT2D eigenvalue weighted by atomic mass is 31.2. The van der Waals surface area contributed by atoms with Gasteiger partial charge in [-0.15, -0.1) is 0 Å². The van der Waals surface area contributed by atoms with Gasteiger partial charge >= 0.3 is 13.7 Å². The SMILES string of the molecule is C[C@H](NP(=O)(O)OCC1O[C@@](C#N)(c2ccc3c(N)ncnn23)[C@H](O)[C@@H]1O)C(=O)O. The summed E-state index contributed by atoms with van der Waals surface area (Å²) in [4.78, 5) is 24.4. The lowest BCUT2D eigenvalue weighted by atomic mass is 9.92. The van der Waals surface area contributed by atoms with Crippen LogP contribution in [0.15, 0.2) is 18.5 Å². The van der Waals surface area contributed by atoms with Gasteiger partial charge in [0.1, 0.15) is 42.3 Å². The van der Waals surface area contributed by atoms with Gasteiger partial charge < -0.3 is 30.7 Å². The molecule has 14 nitrogen and oxygen atoms in total. The van der Waals surface area contributed by atoms with Gasteiger partial charge in [0.05, 0.1) is 12.3 Å². The van der Waals surface area contributed by atoms with Crippen LogP contribution in [-0.2, 0) is 24.2 Å². The standard InChI is InChI=1S/C15H19N6O8P/c1-7(14(24)25)20-30(26,27)28-4-9-11(22)12(23)15(5-16,29-9)10-3-2-8-13(17)18-6-19-21(8)10/h2-3,6-7,9,11-12,22-23H,4H2,1H3,(H,24,25)(H2,17,18,19)(H2,20,26,27)/t7-,9?,11+,12+,15-/m0/s1. The minimum atomic E-state index is -4.59. The first-order chi connectivity index (χ1) is 14.0. The van der Waals surface area contributed by atoms with Gasteiger partial charge in [-0.3, -0.25) is 9.32 Å². The Morgan fingerprint density at radius 3 is 2.90 bits per heavy atom. The highest BCUT2D eigenvalue weighted by Crippen LogP contribution is 2.43. The lowest BCUT2D eigenvalue weighted by Gasteiger charge is -2.24. The van der Waals surface area contributed by atoms with Crippen molar-refractivity contribution in [2.75, 3.05) is 12.3 Å². The molecule has 0 aromatic carbocycles. The molecule has 0 bridgehead atoms. The van der Waals surface area contributed by atoms with E-state index < -0.39 is 50.3 Å². The summed E-state index contributed by atoms with van der Waals surface area (Å²) in [6, 6.07) is 3.33. The summed E-state index contributed by atoms with van der Waals surface area (Å²) in [5.74, 6) is -1.28. The Morgan fingerprint density at radius 1 is 1.57 bits per heavy atom. The van der Waals surface area contributed by atoms with Crippen LogP contribution in [0.25, 0.3) is 5.52 Å². The lowest BCUT2D eigenvalue weighted by molar-refractivity contribution is -0.138. The molecule has 7 N–H and O–H groups in total. The summed E-state index contributed by atoms with van der Waals surface area (Å²) in [5, 5.41) is 45.4. The Hall–Kier alpha value is -2.63. The fraction of sp³-hybridized carbons (Fsp3) is 0.467. The quantitative estimate of drug-likeness (QED) is 0.264. The molecular formula is C15H19N6O8P. The van der Waals surface area contributed by atoms with Crippen molar-refractivity contribution in [3.05, 3.63) is 24.2 Å². The number of nitrogens with zero attached hydrogens (tertiary/aromatic N) is 4. The molecule has 1 aliphatic rings. The van der Waals surface area contributed by atoms with Crippen molar-refractivity contribution in [2.45, 2.75) is 36.9 Å². The largest absolute Gasteiger partial charge is 0.480 e. The van der Waals surface area contributed by atoms with Crippen molar-refractivity contribution in [1.29, 1.82) is 5.26 Å². The first-order valence-corrected chi connectivity index (χ1v) is 10.1. The van der Waals surface area contributed by atoms with E-state index >= 15 is 0 Å². The summed E-state index contributed by atoms with van der Waals surface area (Å²) in [6.45, 7) is 0.403. The highest BCUT2D eigenvalue weighted by molar-refractivity contribution is 7.50. The topological polar surface area (TPSA) is 226 Å². The van der Waals surface area contributed by atoms with Crippen molar-refractivity contribution in [1.82, 2.24) is 19.7 Å². The van der Waals surface area contributed by atoms with E-state index in [2.05, 4.69) is 10.1 Å². The van der Waals surface area contributed by atoms with Crippen LogP contribution in [0.1, 0.15) is 12.6 Å². The number of nitrogen functional groups attached to an aromatic ring is 1. The van der Waals surface area contributed by atoms with Crippen molar-refractivity contribution in [3.63, 3.8) is 0 Å². The van der Waals surface area contributed by atoms with Crippen molar-refractivity contribution < 1.29 is 38.8 Å². The second kappa shape index (κ2) is 7.89. The van der Waals surface area contributed by atoms with Crippen LogP contribution in [0.4, 0.5) is 5.82 Å². The molecule has 1 saturated heterocycles. The average molecular weight is 442 g/mol. The molecule has 2 aromatic heterocycles. The number of nitrogens with two attached hydrogens (primary N) is 1. The van der Waals surface area contributed by atoms with E-state index in [0.717, 1.165) is 13.3 Å². The Kier molecular flexibility index (Phi) is 5.81. The van der Waals surface area contributed by atoms with Crippen LogP contribution >= 0.6 is 7.75 Å². The highest BCUT2D eigenvalue weighted by Gasteiger charge is 2.57. The zero-order valence-electron chi connectivity index (χ0n) is 15.5. The van der Waals surface area contributed by atoms with E-state index in [-0.39, 0.29) is 11.5 Å². The van der Waals surface area contributed by atoms with E-state index in [1.807, 2.05) is 11.2 Å². The number of anilines is 1. The fourth-order valence-electron chi connectivity index (χ4n) is 3.06. The second-order valence-electron chi connectivity index (χ2n) is 6.61. The third kappa shape index (κ3) is 3.75. The molecule has 0 radical (unpaired) electrons. The molecule has 0 aliphatic carbocycles. The molecule has 1 aliphatic heterocycles. The fourth-order valence-corrected chi connectivity index (χ4v) is 4.09. The minimum Gasteiger partial charge on any atom is -0.480 e. The summed E-state index contributed by atoms with van der Waals surface area (Å²) in [5.41, 5.74) is 4.05. The van der Waals surface area contributed by atoms with Crippen LogP contribution < -0.4 is 10.8 Å². The average Bonchev–Trinajstić information content (AvgIpc) is 3.22.